The number of methoxy groups -OCH3 is 1. The van der Waals surface area contributed by atoms with Crippen molar-refractivity contribution in [3.8, 4) is 5.75 Å². The standard InChI is InChI=1S/C22H25FN2OS/c1-15(22-18(26-2)7-5-11-24-22)21-17-6-3-4-8-19(17)27-20(21)10-13-25-12-9-16(23)14-25/h3-8,11,15-16H,9-10,12-14H2,1-2H3. The summed E-state index contributed by atoms with van der Waals surface area (Å²) >= 11 is 1.86. The van der Waals surface area contributed by atoms with E-state index in [1.54, 1.807) is 7.11 Å². The van der Waals surface area contributed by atoms with Crippen LogP contribution in [0.5, 0.6) is 5.75 Å². The van der Waals surface area contributed by atoms with Gasteiger partial charge in [0.1, 0.15) is 11.9 Å². The maximum absolute atomic E-state index is 13.5. The highest BCUT2D eigenvalue weighted by atomic mass is 32.1. The summed E-state index contributed by atoms with van der Waals surface area (Å²) < 4.78 is 20.4. The molecule has 3 nitrogen and oxygen atoms in total. The number of nitrogens with zero attached hydrogens (tertiary/aromatic N) is 2. The summed E-state index contributed by atoms with van der Waals surface area (Å²) in [6.07, 6.45) is 2.78. The van der Waals surface area contributed by atoms with Gasteiger partial charge in [-0.1, -0.05) is 25.1 Å². The minimum absolute atomic E-state index is 0.139. The van der Waals surface area contributed by atoms with Crippen LogP contribution in [0.2, 0.25) is 0 Å². The Balaban J connectivity index is 1.69. The van der Waals surface area contributed by atoms with Crippen LogP contribution in [0.25, 0.3) is 10.1 Å². The lowest BCUT2D eigenvalue weighted by Gasteiger charge is -2.18. The Labute approximate surface area is 163 Å². The molecule has 1 fully saturated rings. The van der Waals surface area contributed by atoms with Crippen molar-refractivity contribution in [2.75, 3.05) is 26.7 Å². The molecule has 0 N–H and O–H groups in total. The summed E-state index contributed by atoms with van der Waals surface area (Å²) in [5, 5.41) is 1.29. The number of thiophene rings is 1. The summed E-state index contributed by atoms with van der Waals surface area (Å²) in [6.45, 7) is 4.55. The van der Waals surface area contributed by atoms with Crippen molar-refractivity contribution in [3.05, 3.63) is 58.7 Å². The van der Waals surface area contributed by atoms with Gasteiger partial charge >= 0.3 is 0 Å². The van der Waals surface area contributed by atoms with Gasteiger partial charge in [0.05, 0.1) is 12.8 Å². The second-order valence-electron chi connectivity index (χ2n) is 7.18. The zero-order valence-corrected chi connectivity index (χ0v) is 16.6. The molecule has 0 spiro atoms. The fourth-order valence-corrected chi connectivity index (χ4v) is 5.35. The van der Waals surface area contributed by atoms with E-state index >= 15 is 0 Å². The van der Waals surface area contributed by atoms with E-state index in [1.165, 1.54) is 20.5 Å². The number of ether oxygens (including phenoxy) is 1. The van der Waals surface area contributed by atoms with Gasteiger partial charge in [0.2, 0.25) is 0 Å². The molecule has 3 heterocycles. The molecular weight excluding hydrogens is 359 g/mol. The molecule has 1 aliphatic rings. The van der Waals surface area contributed by atoms with Crippen molar-refractivity contribution in [1.29, 1.82) is 0 Å². The molecule has 0 saturated carbocycles. The molecule has 5 heteroatoms. The van der Waals surface area contributed by atoms with E-state index in [0.717, 1.165) is 31.0 Å². The van der Waals surface area contributed by atoms with Crippen LogP contribution in [0, 0.1) is 0 Å². The monoisotopic (exact) mass is 384 g/mol. The second-order valence-corrected chi connectivity index (χ2v) is 8.32. The first-order chi connectivity index (χ1) is 13.2. The van der Waals surface area contributed by atoms with Crippen LogP contribution in [0.1, 0.15) is 35.4 Å². The molecule has 0 amide bonds. The van der Waals surface area contributed by atoms with E-state index in [1.807, 2.05) is 29.7 Å². The maximum atomic E-state index is 13.5. The Hall–Kier alpha value is -1.98. The van der Waals surface area contributed by atoms with E-state index in [9.17, 15) is 4.39 Å². The Bertz CT molecular complexity index is 926. The van der Waals surface area contributed by atoms with Gasteiger partial charge in [0.25, 0.3) is 0 Å². The molecular formula is C22H25FN2OS. The van der Waals surface area contributed by atoms with E-state index in [4.69, 9.17) is 4.74 Å². The number of fused-ring (bicyclic) bond motifs is 1. The highest BCUT2D eigenvalue weighted by Gasteiger charge is 2.25. The summed E-state index contributed by atoms with van der Waals surface area (Å²) in [7, 11) is 1.70. The summed E-state index contributed by atoms with van der Waals surface area (Å²) in [5.74, 6) is 0.964. The van der Waals surface area contributed by atoms with Gasteiger partial charge in [0.15, 0.2) is 0 Å². The SMILES string of the molecule is COc1cccnc1C(C)c1c(CCN2CCC(F)C2)sc2ccccc12. The van der Waals surface area contributed by atoms with Gasteiger partial charge in [-0.25, -0.2) is 4.39 Å². The first-order valence-electron chi connectivity index (χ1n) is 9.53. The van der Waals surface area contributed by atoms with Crippen LogP contribution in [0.3, 0.4) is 0 Å². The normalized spacial score (nSPS) is 18.9. The number of aromatic nitrogens is 1. The van der Waals surface area contributed by atoms with Gasteiger partial charge in [-0.2, -0.15) is 0 Å². The molecule has 2 atom stereocenters. The highest BCUT2D eigenvalue weighted by molar-refractivity contribution is 7.19. The zero-order valence-electron chi connectivity index (χ0n) is 15.8. The molecule has 1 aromatic carbocycles. The van der Waals surface area contributed by atoms with Crippen molar-refractivity contribution in [3.63, 3.8) is 0 Å². The number of likely N-dealkylation sites (tertiary alicyclic amines) is 1. The topological polar surface area (TPSA) is 25.4 Å². The average molecular weight is 385 g/mol. The third-order valence-corrected chi connectivity index (χ3v) is 6.69. The van der Waals surface area contributed by atoms with Crippen molar-refractivity contribution in [2.45, 2.75) is 31.9 Å². The maximum Gasteiger partial charge on any atom is 0.140 e. The quantitative estimate of drug-likeness (QED) is 0.595. The van der Waals surface area contributed by atoms with E-state index in [2.05, 4.69) is 41.1 Å². The van der Waals surface area contributed by atoms with Crippen LogP contribution >= 0.6 is 11.3 Å². The molecule has 0 radical (unpaired) electrons. The van der Waals surface area contributed by atoms with Crippen LogP contribution in [0.15, 0.2) is 42.6 Å². The predicted octanol–water partition coefficient (Wildman–Crippen LogP) is 5.04. The van der Waals surface area contributed by atoms with E-state index in [0.29, 0.717) is 13.0 Å². The summed E-state index contributed by atoms with van der Waals surface area (Å²) in [6, 6.07) is 12.4. The minimum atomic E-state index is -0.663. The molecule has 4 rings (SSSR count). The molecule has 27 heavy (non-hydrogen) atoms. The van der Waals surface area contributed by atoms with Gasteiger partial charge in [-0.05, 0) is 42.0 Å². The number of pyridine rings is 1. The molecule has 3 aromatic rings. The minimum Gasteiger partial charge on any atom is -0.495 e. The zero-order chi connectivity index (χ0) is 18.8. The first kappa shape index (κ1) is 18.4. The number of hydrogen-bond acceptors (Lipinski definition) is 4. The van der Waals surface area contributed by atoms with Crippen molar-refractivity contribution < 1.29 is 9.13 Å². The van der Waals surface area contributed by atoms with Gasteiger partial charge < -0.3 is 4.74 Å². The molecule has 1 aliphatic heterocycles. The molecule has 1 saturated heterocycles. The third kappa shape index (κ3) is 3.71. The number of benzene rings is 1. The van der Waals surface area contributed by atoms with Crippen LogP contribution in [-0.2, 0) is 6.42 Å². The summed E-state index contributed by atoms with van der Waals surface area (Å²) in [5.41, 5.74) is 2.30. The fourth-order valence-electron chi connectivity index (χ4n) is 4.06. The first-order valence-corrected chi connectivity index (χ1v) is 10.3. The van der Waals surface area contributed by atoms with Gasteiger partial charge in [-0.3, -0.25) is 9.88 Å². The third-order valence-electron chi connectivity index (χ3n) is 5.44. The Morgan fingerprint density at radius 3 is 2.93 bits per heavy atom. The Morgan fingerprint density at radius 1 is 1.30 bits per heavy atom. The van der Waals surface area contributed by atoms with Crippen LogP contribution < -0.4 is 4.74 Å². The number of rotatable bonds is 6. The van der Waals surface area contributed by atoms with Crippen molar-refractivity contribution >= 4 is 21.4 Å². The largest absolute Gasteiger partial charge is 0.495 e. The fraction of sp³-hybridized carbons (Fsp3) is 0.409. The molecule has 2 unspecified atom stereocenters. The lowest BCUT2D eigenvalue weighted by Crippen LogP contribution is -2.23. The van der Waals surface area contributed by atoms with Gasteiger partial charge in [0, 0.05) is 41.3 Å². The van der Waals surface area contributed by atoms with Crippen molar-refractivity contribution in [1.82, 2.24) is 9.88 Å². The number of hydrogen-bond donors (Lipinski definition) is 0. The predicted molar refractivity (Wildman–Crippen MR) is 110 cm³/mol. The van der Waals surface area contributed by atoms with E-state index in [-0.39, 0.29) is 5.92 Å². The lowest BCUT2D eigenvalue weighted by molar-refractivity contribution is 0.290. The number of halogens is 1. The number of alkyl halides is 1. The lowest BCUT2D eigenvalue weighted by atomic mass is 9.93. The molecule has 142 valence electrons. The average Bonchev–Trinajstić information content (AvgIpc) is 3.28. The summed E-state index contributed by atoms with van der Waals surface area (Å²) in [4.78, 5) is 8.24. The highest BCUT2D eigenvalue weighted by Crippen LogP contribution is 2.40. The van der Waals surface area contributed by atoms with Crippen LogP contribution in [-0.4, -0.2) is 42.8 Å². The van der Waals surface area contributed by atoms with Crippen molar-refractivity contribution in [2.24, 2.45) is 0 Å². The molecule has 0 aliphatic carbocycles. The molecule has 2 aromatic heterocycles. The Kier molecular flexibility index (Phi) is 5.41. The van der Waals surface area contributed by atoms with E-state index < -0.39 is 6.17 Å². The molecule has 0 bridgehead atoms. The second kappa shape index (κ2) is 7.95. The van der Waals surface area contributed by atoms with Crippen LogP contribution in [0.4, 0.5) is 4.39 Å². The Morgan fingerprint density at radius 2 is 2.15 bits per heavy atom. The van der Waals surface area contributed by atoms with Gasteiger partial charge in [-0.15, -0.1) is 11.3 Å². The smallest absolute Gasteiger partial charge is 0.140 e.